The highest BCUT2D eigenvalue weighted by Gasteiger charge is 2.09. The molecule has 0 aliphatic rings. The Kier molecular flexibility index (Phi) is 4.78. The Balaban J connectivity index is 2.10. The molecule has 22 heavy (non-hydrogen) atoms. The summed E-state index contributed by atoms with van der Waals surface area (Å²) in [4.78, 5) is 22.4. The number of carbonyl (C=O) groups excluding carboxylic acids is 2. The minimum Gasteiger partial charge on any atom is -0.493 e. The molecule has 114 valence electrons. The molecule has 2 aromatic rings. The molecule has 0 aliphatic carbocycles. The third-order valence-corrected chi connectivity index (χ3v) is 3.20. The van der Waals surface area contributed by atoms with Gasteiger partial charge >= 0.3 is 0 Å². The van der Waals surface area contributed by atoms with Gasteiger partial charge in [-0.1, -0.05) is 12.1 Å². The van der Waals surface area contributed by atoms with Crippen molar-refractivity contribution in [2.24, 2.45) is 5.73 Å². The van der Waals surface area contributed by atoms with Crippen molar-refractivity contribution >= 4 is 11.7 Å². The first-order valence-corrected chi connectivity index (χ1v) is 6.72. The third-order valence-electron chi connectivity index (χ3n) is 3.20. The fraction of sp³-hybridized carbons (Fsp3) is 0.176. The number of carbonyl (C=O) groups is 2. The van der Waals surface area contributed by atoms with E-state index >= 15 is 0 Å². The lowest BCUT2D eigenvalue weighted by Crippen LogP contribution is -2.10. The number of benzene rings is 2. The maximum absolute atomic E-state index is 11.4. The van der Waals surface area contributed by atoms with Crippen molar-refractivity contribution in [2.75, 3.05) is 7.11 Å². The average molecular weight is 299 g/mol. The van der Waals surface area contributed by atoms with Crippen LogP contribution in [-0.4, -0.2) is 18.8 Å². The molecule has 0 spiro atoms. The summed E-state index contributed by atoms with van der Waals surface area (Å²) < 4.78 is 10.9. The van der Waals surface area contributed by atoms with E-state index in [-0.39, 0.29) is 5.78 Å². The zero-order chi connectivity index (χ0) is 16.1. The predicted molar refractivity (Wildman–Crippen MR) is 82.3 cm³/mol. The lowest BCUT2D eigenvalue weighted by molar-refractivity contribution is 0.0996. The van der Waals surface area contributed by atoms with Gasteiger partial charge in [-0.3, -0.25) is 9.59 Å². The number of nitrogens with two attached hydrogens (primary N) is 1. The maximum atomic E-state index is 11.4. The second-order valence-corrected chi connectivity index (χ2v) is 4.77. The van der Waals surface area contributed by atoms with E-state index in [0.717, 1.165) is 5.56 Å². The van der Waals surface area contributed by atoms with Gasteiger partial charge in [0.05, 0.1) is 7.11 Å². The molecule has 0 aromatic heterocycles. The van der Waals surface area contributed by atoms with Gasteiger partial charge in [0.25, 0.3) is 0 Å². The number of amides is 1. The van der Waals surface area contributed by atoms with E-state index < -0.39 is 5.91 Å². The van der Waals surface area contributed by atoms with Crippen molar-refractivity contribution < 1.29 is 19.1 Å². The Morgan fingerprint density at radius 2 is 1.64 bits per heavy atom. The van der Waals surface area contributed by atoms with E-state index in [0.29, 0.717) is 29.2 Å². The molecule has 0 fully saturated rings. The minimum absolute atomic E-state index is 0.0353. The molecule has 2 N–H and O–H groups in total. The van der Waals surface area contributed by atoms with E-state index in [1.54, 1.807) is 42.5 Å². The quantitative estimate of drug-likeness (QED) is 0.831. The summed E-state index contributed by atoms with van der Waals surface area (Å²) in [5.41, 5.74) is 7.10. The van der Waals surface area contributed by atoms with Gasteiger partial charge in [0, 0.05) is 11.1 Å². The number of hydrogen-bond donors (Lipinski definition) is 1. The molecule has 0 saturated heterocycles. The summed E-state index contributed by atoms with van der Waals surface area (Å²) in [5.74, 6) is 0.550. The summed E-state index contributed by atoms with van der Waals surface area (Å²) >= 11 is 0. The standard InChI is InChI=1S/C17H17NO4/c1-11(19)14-7-8-15(16(9-14)21-2)22-10-12-3-5-13(6-4-12)17(18)20/h3-9H,10H2,1-2H3,(H2,18,20). The van der Waals surface area contributed by atoms with E-state index in [1.807, 2.05) is 0 Å². The molecular weight excluding hydrogens is 282 g/mol. The molecule has 0 aliphatic heterocycles. The Morgan fingerprint density at radius 1 is 1.00 bits per heavy atom. The summed E-state index contributed by atoms with van der Waals surface area (Å²) in [6.45, 7) is 1.81. The van der Waals surface area contributed by atoms with Crippen LogP contribution >= 0.6 is 0 Å². The van der Waals surface area contributed by atoms with Crippen LogP contribution in [0.2, 0.25) is 0 Å². The van der Waals surface area contributed by atoms with Gasteiger partial charge in [-0.05, 0) is 42.8 Å². The van der Waals surface area contributed by atoms with Crippen LogP contribution < -0.4 is 15.2 Å². The van der Waals surface area contributed by atoms with Gasteiger partial charge in [-0.2, -0.15) is 0 Å². The van der Waals surface area contributed by atoms with Crippen LogP contribution in [0.25, 0.3) is 0 Å². The summed E-state index contributed by atoms with van der Waals surface area (Å²) in [7, 11) is 1.52. The number of ether oxygens (including phenoxy) is 2. The van der Waals surface area contributed by atoms with Gasteiger partial charge in [-0.15, -0.1) is 0 Å². The van der Waals surface area contributed by atoms with Crippen molar-refractivity contribution in [3.63, 3.8) is 0 Å². The lowest BCUT2D eigenvalue weighted by atomic mass is 10.1. The minimum atomic E-state index is -0.464. The Labute approximate surface area is 128 Å². The SMILES string of the molecule is COc1cc(C(C)=O)ccc1OCc1ccc(C(N)=O)cc1. The molecule has 5 heteroatoms. The average Bonchev–Trinajstić information content (AvgIpc) is 2.52. The van der Waals surface area contributed by atoms with E-state index in [9.17, 15) is 9.59 Å². The highest BCUT2D eigenvalue weighted by molar-refractivity contribution is 5.94. The largest absolute Gasteiger partial charge is 0.493 e. The van der Waals surface area contributed by atoms with Gasteiger partial charge in [-0.25, -0.2) is 0 Å². The molecular formula is C17H17NO4. The second-order valence-electron chi connectivity index (χ2n) is 4.77. The Morgan fingerprint density at radius 3 is 2.18 bits per heavy atom. The monoisotopic (exact) mass is 299 g/mol. The highest BCUT2D eigenvalue weighted by Crippen LogP contribution is 2.29. The molecule has 0 atom stereocenters. The Bertz CT molecular complexity index is 692. The number of rotatable bonds is 6. The topological polar surface area (TPSA) is 78.6 Å². The summed E-state index contributed by atoms with van der Waals surface area (Å²) in [5, 5.41) is 0. The van der Waals surface area contributed by atoms with Crippen molar-refractivity contribution in [3.05, 3.63) is 59.2 Å². The molecule has 0 bridgehead atoms. The molecule has 0 heterocycles. The van der Waals surface area contributed by atoms with Crippen LogP contribution in [0.15, 0.2) is 42.5 Å². The maximum Gasteiger partial charge on any atom is 0.248 e. The zero-order valence-electron chi connectivity index (χ0n) is 12.5. The summed E-state index contributed by atoms with van der Waals surface area (Å²) in [6, 6.07) is 11.9. The van der Waals surface area contributed by atoms with Crippen molar-refractivity contribution in [1.82, 2.24) is 0 Å². The molecule has 1 amide bonds. The lowest BCUT2D eigenvalue weighted by Gasteiger charge is -2.11. The van der Waals surface area contributed by atoms with Gasteiger partial charge in [0.2, 0.25) is 5.91 Å². The number of hydrogen-bond acceptors (Lipinski definition) is 4. The smallest absolute Gasteiger partial charge is 0.248 e. The van der Waals surface area contributed by atoms with Gasteiger partial charge in [0.1, 0.15) is 6.61 Å². The number of methoxy groups -OCH3 is 1. The van der Waals surface area contributed by atoms with Crippen LogP contribution in [0.1, 0.15) is 33.2 Å². The molecule has 0 radical (unpaired) electrons. The predicted octanol–water partition coefficient (Wildman–Crippen LogP) is 2.58. The van der Waals surface area contributed by atoms with E-state index in [1.165, 1.54) is 14.0 Å². The van der Waals surface area contributed by atoms with Crippen molar-refractivity contribution in [1.29, 1.82) is 0 Å². The first-order valence-electron chi connectivity index (χ1n) is 6.72. The van der Waals surface area contributed by atoms with Crippen LogP contribution in [-0.2, 0) is 6.61 Å². The third kappa shape index (κ3) is 3.63. The first-order chi connectivity index (χ1) is 10.5. The zero-order valence-corrected chi connectivity index (χ0v) is 12.5. The molecule has 0 saturated carbocycles. The van der Waals surface area contributed by atoms with Crippen LogP contribution in [0.5, 0.6) is 11.5 Å². The van der Waals surface area contributed by atoms with Gasteiger partial charge < -0.3 is 15.2 Å². The fourth-order valence-electron chi connectivity index (χ4n) is 1.93. The Hall–Kier alpha value is -2.82. The second kappa shape index (κ2) is 6.76. The number of ketones is 1. The highest BCUT2D eigenvalue weighted by atomic mass is 16.5. The summed E-state index contributed by atoms with van der Waals surface area (Å²) in [6.07, 6.45) is 0. The van der Waals surface area contributed by atoms with Crippen LogP contribution in [0, 0.1) is 0 Å². The molecule has 0 unspecified atom stereocenters. The normalized spacial score (nSPS) is 10.1. The fourth-order valence-corrected chi connectivity index (χ4v) is 1.93. The molecule has 2 aromatic carbocycles. The van der Waals surface area contributed by atoms with Crippen molar-refractivity contribution in [3.8, 4) is 11.5 Å². The number of primary amides is 1. The van der Waals surface area contributed by atoms with Crippen molar-refractivity contribution in [2.45, 2.75) is 13.5 Å². The van der Waals surface area contributed by atoms with E-state index in [2.05, 4.69) is 0 Å². The van der Waals surface area contributed by atoms with E-state index in [4.69, 9.17) is 15.2 Å². The van der Waals surface area contributed by atoms with Crippen LogP contribution in [0.3, 0.4) is 0 Å². The van der Waals surface area contributed by atoms with Crippen LogP contribution in [0.4, 0.5) is 0 Å². The molecule has 2 rings (SSSR count). The first kappa shape index (κ1) is 15.6. The number of Topliss-reactive ketones (excluding diaryl/α,β-unsaturated/α-hetero) is 1. The molecule has 5 nitrogen and oxygen atoms in total. The van der Waals surface area contributed by atoms with Gasteiger partial charge in [0.15, 0.2) is 17.3 Å².